The van der Waals surface area contributed by atoms with Crippen LogP contribution >= 0.6 is 0 Å². The lowest BCUT2D eigenvalue weighted by Gasteiger charge is -2.35. The lowest BCUT2D eigenvalue weighted by atomic mass is 10.1. The number of hydrogen-bond donors (Lipinski definition) is 0. The number of para-hydroxylation sites is 6. The zero-order chi connectivity index (χ0) is 42.2. The van der Waals surface area contributed by atoms with E-state index in [1.54, 1.807) is 0 Å². The SMILES string of the molecule is c1ccc(-n2c3ccccc3c3cc(-n4c5c(-n6c7ccccc7c7ccccc76)cccc5c5cccc([Si](c6ccccc6)(c6ccccc6)c6ccccc6)c54)ccc32)cc1. The van der Waals surface area contributed by atoms with Gasteiger partial charge < -0.3 is 13.7 Å². The van der Waals surface area contributed by atoms with E-state index in [0.29, 0.717) is 0 Å². The van der Waals surface area contributed by atoms with Crippen LogP contribution in [0.3, 0.4) is 0 Å². The van der Waals surface area contributed by atoms with Crippen LogP contribution < -0.4 is 20.7 Å². The minimum atomic E-state index is -3.03. The first kappa shape index (κ1) is 36.5. The average Bonchev–Trinajstić information content (AvgIpc) is 4.02. The highest BCUT2D eigenvalue weighted by molar-refractivity contribution is 7.20. The van der Waals surface area contributed by atoms with Crippen LogP contribution in [-0.4, -0.2) is 21.8 Å². The Hall–Kier alpha value is -8.18. The third kappa shape index (κ3) is 5.21. The summed E-state index contributed by atoms with van der Waals surface area (Å²) in [5, 5.41) is 12.8. The van der Waals surface area contributed by atoms with Crippen molar-refractivity contribution in [3.05, 3.63) is 249 Å². The van der Waals surface area contributed by atoms with Crippen LogP contribution in [0.1, 0.15) is 0 Å². The summed E-state index contributed by atoms with van der Waals surface area (Å²) in [6.07, 6.45) is 0. The van der Waals surface area contributed by atoms with Gasteiger partial charge in [0, 0.05) is 43.7 Å². The summed E-state index contributed by atoms with van der Waals surface area (Å²) in [5.41, 5.74) is 10.6. The summed E-state index contributed by atoms with van der Waals surface area (Å²) in [6, 6.07) is 92.5. The van der Waals surface area contributed by atoms with Crippen LogP contribution in [-0.2, 0) is 0 Å². The Kier molecular flexibility index (Phi) is 8.23. The highest BCUT2D eigenvalue weighted by Gasteiger charge is 2.43. The van der Waals surface area contributed by atoms with Gasteiger partial charge in [-0.1, -0.05) is 194 Å². The van der Waals surface area contributed by atoms with Crippen LogP contribution in [0.4, 0.5) is 0 Å². The molecule has 3 nitrogen and oxygen atoms in total. The molecule has 0 N–H and O–H groups in total. The minimum absolute atomic E-state index is 1.13. The van der Waals surface area contributed by atoms with Crippen LogP contribution in [0, 0.1) is 0 Å². The molecule has 0 aliphatic carbocycles. The van der Waals surface area contributed by atoms with Crippen molar-refractivity contribution >= 4 is 94.2 Å². The molecule has 0 amide bonds. The van der Waals surface area contributed by atoms with Crippen LogP contribution in [0.25, 0.3) is 82.5 Å². The van der Waals surface area contributed by atoms with E-state index < -0.39 is 8.07 Å². The van der Waals surface area contributed by atoms with Gasteiger partial charge in [0.05, 0.1) is 38.8 Å². The van der Waals surface area contributed by atoms with Crippen molar-refractivity contribution in [2.75, 3.05) is 0 Å². The maximum absolute atomic E-state index is 3.03. The number of benzene rings is 10. The van der Waals surface area contributed by atoms with E-state index in [-0.39, 0.29) is 0 Å². The third-order valence-electron chi connectivity index (χ3n) is 13.6. The Morgan fingerprint density at radius 3 is 1.23 bits per heavy atom. The van der Waals surface area contributed by atoms with E-state index in [0.717, 1.165) is 17.1 Å². The molecule has 3 heterocycles. The molecule has 0 aliphatic rings. The topological polar surface area (TPSA) is 14.8 Å². The molecule has 0 saturated carbocycles. The van der Waals surface area contributed by atoms with Crippen molar-refractivity contribution in [1.29, 1.82) is 0 Å². The highest BCUT2D eigenvalue weighted by Crippen LogP contribution is 2.41. The normalized spacial score (nSPS) is 12.1. The Balaban J connectivity index is 1.24. The van der Waals surface area contributed by atoms with Crippen LogP contribution in [0.2, 0.25) is 0 Å². The minimum Gasteiger partial charge on any atom is -0.309 e. The molecule has 0 unspecified atom stereocenters. The van der Waals surface area contributed by atoms with E-state index in [1.165, 1.54) is 86.2 Å². The first-order chi connectivity index (χ1) is 31.8. The van der Waals surface area contributed by atoms with Crippen LogP contribution in [0.15, 0.2) is 249 Å². The fourth-order valence-electron chi connectivity index (χ4n) is 11.0. The molecule has 64 heavy (non-hydrogen) atoms. The van der Waals surface area contributed by atoms with Crippen molar-refractivity contribution < 1.29 is 0 Å². The molecule has 0 radical (unpaired) electrons. The molecule has 0 saturated heterocycles. The molecule has 10 aromatic carbocycles. The maximum atomic E-state index is 2.63. The summed E-state index contributed by atoms with van der Waals surface area (Å²) in [7, 11) is -3.03. The molecular weight excluding hydrogens is 791 g/mol. The monoisotopic (exact) mass is 831 g/mol. The second-order valence-electron chi connectivity index (χ2n) is 16.8. The van der Waals surface area contributed by atoms with E-state index in [2.05, 4.69) is 262 Å². The largest absolute Gasteiger partial charge is 0.309 e. The summed E-state index contributed by atoms with van der Waals surface area (Å²) in [5.74, 6) is 0. The van der Waals surface area contributed by atoms with Crippen LogP contribution in [0.5, 0.6) is 0 Å². The first-order valence-electron chi connectivity index (χ1n) is 22.1. The van der Waals surface area contributed by atoms with Gasteiger partial charge in [-0.05, 0) is 75.3 Å². The Bertz CT molecular complexity index is 3730. The molecule has 0 fully saturated rings. The second-order valence-corrected chi connectivity index (χ2v) is 20.6. The van der Waals surface area contributed by atoms with Gasteiger partial charge in [-0.2, -0.15) is 0 Å². The van der Waals surface area contributed by atoms with Crippen molar-refractivity contribution in [1.82, 2.24) is 13.7 Å². The van der Waals surface area contributed by atoms with Crippen molar-refractivity contribution in [3.8, 4) is 17.1 Å². The molecule has 300 valence electrons. The number of hydrogen-bond acceptors (Lipinski definition) is 0. The predicted molar refractivity (Wildman–Crippen MR) is 273 cm³/mol. The number of rotatable bonds is 7. The quantitative estimate of drug-likeness (QED) is 0.112. The zero-order valence-corrected chi connectivity index (χ0v) is 36.0. The molecule has 13 aromatic rings. The molecule has 0 atom stereocenters. The lowest BCUT2D eigenvalue weighted by molar-refractivity contribution is 1.13. The second kappa shape index (κ2) is 14.5. The van der Waals surface area contributed by atoms with E-state index in [9.17, 15) is 0 Å². The van der Waals surface area contributed by atoms with Gasteiger partial charge in [0.2, 0.25) is 0 Å². The average molecular weight is 832 g/mol. The molecule has 0 spiro atoms. The van der Waals surface area contributed by atoms with Gasteiger partial charge in [0.1, 0.15) is 0 Å². The molecule has 13 rings (SSSR count). The lowest BCUT2D eigenvalue weighted by Crippen LogP contribution is -2.75. The Labute approximate surface area is 372 Å². The fraction of sp³-hybridized carbons (Fsp3) is 0. The first-order valence-corrected chi connectivity index (χ1v) is 24.1. The number of aromatic nitrogens is 3. The van der Waals surface area contributed by atoms with Gasteiger partial charge in [-0.25, -0.2) is 0 Å². The third-order valence-corrected chi connectivity index (χ3v) is 18.4. The summed E-state index contributed by atoms with van der Waals surface area (Å²) in [4.78, 5) is 0. The summed E-state index contributed by atoms with van der Waals surface area (Å²) >= 11 is 0. The van der Waals surface area contributed by atoms with E-state index in [1.807, 2.05) is 0 Å². The van der Waals surface area contributed by atoms with Crippen molar-refractivity contribution in [2.45, 2.75) is 0 Å². The maximum Gasteiger partial charge on any atom is 0.181 e. The summed E-state index contributed by atoms with van der Waals surface area (Å²) < 4.78 is 7.54. The smallest absolute Gasteiger partial charge is 0.181 e. The highest BCUT2D eigenvalue weighted by atomic mass is 28.3. The van der Waals surface area contributed by atoms with Gasteiger partial charge in [0.25, 0.3) is 0 Å². The van der Waals surface area contributed by atoms with Gasteiger partial charge >= 0.3 is 0 Å². The van der Waals surface area contributed by atoms with Gasteiger partial charge in [-0.3, -0.25) is 0 Å². The zero-order valence-electron chi connectivity index (χ0n) is 35.0. The summed E-state index contributed by atoms with van der Waals surface area (Å²) in [6.45, 7) is 0. The molecule has 0 aliphatic heterocycles. The molecule has 0 bridgehead atoms. The van der Waals surface area contributed by atoms with Crippen molar-refractivity contribution in [3.63, 3.8) is 0 Å². The Morgan fingerprint density at radius 1 is 0.250 bits per heavy atom. The van der Waals surface area contributed by atoms with Gasteiger partial charge in [-0.15, -0.1) is 0 Å². The van der Waals surface area contributed by atoms with E-state index >= 15 is 0 Å². The molecular formula is C60H41N3Si. The van der Waals surface area contributed by atoms with Crippen molar-refractivity contribution in [2.24, 2.45) is 0 Å². The molecule has 3 aromatic heterocycles. The van der Waals surface area contributed by atoms with E-state index in [4.69, 9.17) is 0 Å². The Morgan fingerprint density at radius 2 is 0.672 bits per heavy atom. The van der Waals surface area contributed by atoms with Gasteiger partial charge in [0.15, 0.2) is 8.07 Å². The fourth-order valence-corrected chi connectivity index (χ4v) is 16.0. The number of fused-ring (bicyclic) bond motifs is 9. The molecule has 4 heteroatoms. The number of nitrogens with zero attached hydrogens (tertiary/aromatic N) is 3. The standard InChI is InChI=1S/C60H41N3Si/c1-5-21-42(22-6-1)61-53-34-16-15-31-49(53)52-41-43(39-40-56(52)61)62-59-50(32-19-37-57(59)63-54-35-17-13-29-47(54)48-30-14-18-36-55(48)63)51-33-20-38-58(60(51)62)64(44-23-7-2-8-24-44,45-25-9-3-10-26-45)46-27-11-4-12-28-46/h1-41H. The predicted octanol–water partition coefficient (Wildman–Crippen LogP) is 12.4.